The molecule has 0 aliphatic rings. The summed E-state index contributed by atoms with van der Waals surface area (Å²) >= 11 is 0. The average molecular weight is 255 g/mol. The maximum Gasteiger partial charge on any atom is 0.141 e. The molecule has 0 amide bonds. The summed E-state index contributed by atoms with van der Waals surface area (Å²) in [7, 11) is 3.75. The summed E-state index contributed by atoms with van der Waals surface area (Å²) in [6.45, 7) is 5.42. The van der Waals surface area contributed by atoms with Gasteiger partial charge in [-0.1, -0.05) is 0 Å². The van der Waals surface area contributed by atoms with E-state index in [1.165, 1.54) is 12.3 Å². The molecule has 0 aliphatic carbocycles. The van der Waals surface area contributed by atoms with Gasteiger partial charge in [-0.3, -0.25) is 4.98 Å². The van der Waals surface area contributed by atoms with Crippen LogP contribution in [0.4, 0.5) is 4.39 Å². The minimum absolute atomic E-state index is 0.101. The van der Waals surface area contributed by atoms with Crippen molar-refractivity contribution < 1.29 is 9.13 Å². The van der Waals surface area contributed by atoms with Crippen molar-refractivity contribution in [3.63, 3.8) is 0 Å². The predicted octanol–water partition coefficient (Wildman–Crippen LogP) is 1.45. The fourth-order valence-electron chi connectivity index (χ4n) is 1.61. The molecule has 0 spiro atoms. The molecule has 0 bridgehead atoms. The normalized spacial score (nSPS) is 12.9. The molecule has 0 radical (unpaired) electrons. The second kappa shape index (κ2) is 8.13. The molecule has 0 aromatic carbocycles. The Hall–Kier alpha value is -1.04. The zero-order valence-electron chi connectivity index (χ0n) is 11.3. The van der Waals surface area contributed by atoms with Gasteiger partial charge in [-0.2, -0.15) is 0 Å². The van der Waals surface area contributed by atoms with Gasteiger partial charge in [0.1, 0.15) is 5.82 Å². The molecule has 1 aromatic rings. The molecule has 18 heavy (non-hydrogen) atoms. The molecule has 1 rings (SSSR count). The third-order valence-electron chi connectivity index (χ3n) is 2.85. The highest BCUT2D eigenvalue weighted by Gasteiger charge is 2.06. The topological polar surface area (TPSA) is 37.4 Å². The zero-order chi connectivity index (χ0) is 13.4. The molecule has 1 heterocycles. The Labute approximate surface area is 108 Å². The second-order valence-electron chi connectivity index (χ2n) is 4.41. The first-order valence-corrected chi connectivity index (χ1v) is 6.14. The van der Waals surface area contributed by atoms with Crippen LogP contribution in [0.15, 0.2) is 18.5 Å². The molecule has 0 saturated heterocycles. The van der Waals surface area contributed by atoms with Crippen molar-refractivity contribution in [2.45, 2.75) is 13.0 Å². The summed E-state index contributed by atoms with van der Waals surface area (Å²) in [4.78, 5) is 6.03. The average Bonchev–Trinajstić information content (AvgIpc) is 2.36. The van der Waals surface area contributed by atoms with Gasteiger partial charge in [0.15, 0.2) is 0 Å². The number of rotatable bonds is 8. The van der Waals surface area contributed by atoms with Crippen LogP contribution in [0.3, 0.4) is 0 Å². The van der Waals surface area contributed by atoms with Crippen molar-refractivity contribution in [2.75, 3.05) is 40.4 Å². The quantitative estimate of drug-likeness (QED) is 0.763. The lowest BCUT2D eigenvalue weighted by molar-refractivity contribution is 0.161. The number of hydrogen-bond donors (Lipinski definition) is 1. The van der Waals surface area contributed by atoms with Gasteiger partial charge in [-0.25, -0.2) is 4.39 Å². The van der Waals surface area contributed by atoms with E-state index in [1.54, 1.807) is 13.3 Å². The van der Waals surface area contributed by atoms with E-state index in [-0.39, 0.29) is 11.9 Å². The SMILES string of the molecule is COCCN(C)CCNC(C)c1cncc(F)c1. The predicted molar refractivity (Wildman–Crippen MR) is 70.0 cm³/mol. The number of nitrogens with one attached hydrogen (secondary N) is 1. The molecule has 5 heteroatoms. The lowest BCUT2D eigenvalue weighted by Crippen LogP contribution is -2.32. The maximum absolute atomic E-state index is 13.0. The Morgan fingerprint density at radius 2 is 2.22 bits per heavy atom. The van der Waals surface area contributed by atoms with Crippen molar-refractivity contribution >= 4 is 0 Å². The van der Waals surface area contributed by atoms with Crippen LogP contribution in [-0.2, 0) is 4.74 Å². The van der Waals surface area contributed by atoms with Gasteiger partial charge in [-0.05, 0) is 25.6 Å². The molecule has 4 nitrogen and oxygen atoms in total. The highest BCUT2D eigenvalue weighted by atomic mass is 19.1. The monoisotopic (exact) mass is 255 g/mol. The van der Waals surface area contributed by atoms with Gasteiger partial charge < -0.3 is 15.0 Å². The number of ether oxygens (including phenoxy) is 1. The number of hydrogen-bond acceptors (Lipinski definition) is 4. The second-order valence-corrected chi connectivity index (χ2v) is 4.41. The Morgan fingerprint density at radius 3 is 2.89 bits per heavy atom. The molecular formula is C13H22FN3O. The van der Waals surface area contributed by atoms with E-state index < -0.39 is 0 Å². The molecule has 1 unspecified atom stereocenters. The zero-order valence-corrected chi connectivity index (χ0v) is 11.3. The van der Waals surface area contributed by atoms with Crippen LogP contribution in [0.25, 0.3) is 0 Å². The van der Waals surface area contributed by atoms with Crippen LogP contribution in [0.5, 0.6) is 0 Å². The summed E-state index contributed by atoms with van der Waals surface area (Å²) in [5, 5.41) is 3.34. The van der Waals surface area contributed by atoms with Crippen molar-refractivity contribution in [1.82, 2.24) is 15.2 Å². The van der Waals surface area contributed by atoms with Crippen LogP contribution in [0, 0.1) is 5.82 Å². The van der Waals surface area contributed by atoms with Crippen LogP contribution < -0.4 is 5.32 Å². The van der Waals surface area contributed by atoms with Crippen LogP contribution in [0.1, 0.15) is 18.5 Å². The largest absolute Gasteiger partial charge is 0.383 e. The fraction of sp³-hybridized carbons (Fsp3) is 0.615. The van der Waals surface area contributed by atoms with Gasteiger partial charge in [-0.15, -0.1) is 0 Å². The standard InChI is InChI=1S/C13H22FN3O/c1-11(12-8-13(14)10-15-9-12)16-4-5-17(2)6-7-18-3/h8-11,16H,4-7H2,1-3H3. The van der Waals surface area contributed by atoms with Gasteiger partial charge in [0.25, 0.3) is 0 Å². The number of halogens is 1. The molecule has 1 atom stereocenters. The Kier molecular flexibility index (Phi) is 6.78. The van der Waals surface area contributed by atoms with Gasteiger partial charge in [0, 0.05) is 39.0 Å². The smallest absolute Gasteiger partial charge is 0.141 e. The molecule has 1 aromatic heterocycles. The van der Waals surface area contributed by atoms with Gasteiger partial charge in [0.2, 0.25) is 0 Å². The maximum atomic E-state index is 13.0. The third kappa shape index (κ3) is 5.53. The summed E-state index contributed by atoms with van der Waals surface area (Å²) in [5.74, 6) is -0.293. The third-order valence-corrected chi connectivity index (χ3v) is 2.85. The van der Waals surface area contributed by atoms with E-state index in [2.05, 4.69) is 22.2 Å². The van der Waals surface area contributed by atoms with Crippen LogP contribution in [0.2, 0.25) is 0 Å². The van der Waals surface area contributed by atoms with Crippen LogP contribution >= 0.6 is 0 Å². The first kappa shape index (κ1) is 15.0. The lowest BCUT2D eigenvalue weighted by Gasteiger charge is -2.19. The Balaban J connectivity index is 2.27. The first-order chi connectivity index (χ1) is 8.63. The van der Waals surface area contributed by atoms with E-state index in [9.17, 15) is 4.39 Å². The number of nitrogens with zero attached hydrogens (tertiary/aromatic N) is 2. The molecule has 0 aliphatic heterocycles. The van der Waals surface area contributed by atoms with Crippen LogP contribution in [-0.4, -0.2) is 50.3 Å². The minimum Gasteiger partial charge on any atom is -0.383 e. The first-order valence-electron chi connectivity index (χ1n) is 6.14. The van der Waals surface area contributed by atoms with Crippen molar-refractivity contribution in [1.29, 1.82) is 0 Å². The summed E-state index contributed by atoms with van der Waals surface area (Å²) in [6, 6.07) is 1.61. The highest BCUT2D eigenvalue weighted by Crippen LogP contribution is 2.11. The van der Waals surface area contributed by atoms with Crippen molar-refractivity contribution in [2.24, 2.45) is 0 Å². The van der Waals surface area contributed by atoms with Crippen molar-refractivity contribution in [3.8, 4) is 0 Å². The van der Waals surface area contributed by atoms with Gasteiger partial charge in [0.05, 0.1) is 12.8 Å². The molecule has 0 fully saturated rings. The summed E-state index contributed by atoms with van der Waals surface area (Å²) < 4.78 is 18.0. The highest BCUT2D eigenvalue weighted by molar-refractivity contribution is 5.14. The van der Waals surface area contributed by atoms with E-state index in [0.29, 0.717) is 0 Å². The van der Waals surface area contributed by atoms with E-state index in [1.807, 2.05) is 6.92 Å². The van der Waals surface area contributed by atoms with Crippen molar-refractivity contribution in [3.05, 3.63) is 29.8 Å². The lowest BCUT2D eigenvalue weighted by atomic mass is 10.1. The number of likely N-dealkylation sites (N-methyl/N-ethyl adjacent to an activating group) is 1. The number of aromatic nitrogens is 1. The van der Waals surface area contributed by atoms with E-state index >= 15 is 0 Å². The van der Waals surface area contributed by atoms with E-state index in [0.717, 1.165) is 31.8 Å². The number of methoxy groups -OCH3 is 1. The summed E-state index contributed by atoms with van der Waals surface area (Å²) in [6.07, 6.45) is 2.91. The van der Waals surface area contributed by atoms with Gasteiger partial charge >= 0.3 is 0 Å². The molecule has 1 N–H and O–H groups in total. The number of pyridine rings is 1. The molecule has 102 valence electrons. The molecule has 0 saturated carbocycles. The molecular weight excluding hydrogens is 233 g/mol. The Bertz CT molecular complexity index is 349. The summed E-state index contributed by atoms with van der Waals surface area (Å²) in [5.41, 5.74) is 0.870. The Morgan fingerprint density at radius 1 is 1.44 bits per heavy atom. The fourth-order valence-corrected chi connectivity index (χ4v) is 1.61. The minimum atomic E-state index is -0.293. The van der Waals surface area contributed by atoms with E-state index in [4.69, 9.17) is 4.74 Å².